The highest BCUT2D eigenvalue weighted by atomic mass is 32.2. The second-order valence-corrected chi connectivity index (χ2v) is 6.30. The minimum atomic E-state index is 0.339. The molecule has 0 fully saturated rings. The Balaban J connectivity index is 2.10. The molecule has 3 nitrogen and oxygen atoms in total. The fourth-order valence-electron chi connectivity index (χ4n) is 2.19. The quantitative estimate of drug-likeness (QED) is 0.850. The number of nitrogens with zero attached hydrogens (tertiary/aromatic N) is 2. The van der Waals surface area contributed by atoms with Crippen LogP contribution in [0.15, 0.2) is 41.6 Å². The number of thioether (sulfide) groups is 1. The summed E-state index contributed by atoms with van der Waals surface area (Å²) in [4.78, 5) is 1.21. The molecule has 1 heterocycles. The average Bonchev–Trinajstić information content (AvgIpc) is 2.78. The van der Waals surface area contributed by atoms with E-state index in [4.69, 9.17) is 0 Å². The van der Waals surface area contributed by atoms with Crippen LogP contribution in [-0.4, -0.2) is 22.1 Å². The standard InChI is InChI=1S/C15H21N3S/c1-11-5-7-13(8-6-11)15(16-3)12(2)19-14-9-17-18(4)10-14/h5-10,12,15-16H,1-4H3. The molecule has 1 aromatic carbocycles. The summed E-state index contributed by atoms with van der Waals surface area (Å²) >= 11 is 1.85. The summed E-state index contributed by atoms with van der Waals surface area (Å²) in [6.45, 7) is 4.37. The summed E-state index contributed by atoms with van der Waals surface area (Å²) in [7, 11) is 3.97. The lowest BCUT2D eigenvalue weighted by Gasteiger charge is -2.23. The van der Waals surface area contributed by atoms with Crippen molar-refractivity contribution in [1.29, 1.82) is 0 Å². The van der Waals surface area contributed by atoms with Crippen molar-refractivity contribution in [3.8, 4) is 0 Å². The van der Waals surface area contributed by atoms with Crippen molar-refractivity contribution in [3.05, 3.63) is 47.8 Å². The predicted molar refractivity (Wildman–Crippen MR) is 81.5 cm³/mol. The highest BCUT2D eigenvalue weighted by molar-refractivity contribution is 8.00. The molecule has 0 aliphatic rings. The second kappa shape index (κ2) is 6.26. The van der Waals surface area contributed by atoms with E-state index in [1.165, 1.54) is 16.0 Å². The number of aromatic nitrogens is 2. The maximum atomic E-state index is 4.21. The normalized spacial score (nSPS) is 14.3. The Morgan fingerprint density at radius 1 is 1.26 bits per heavy atom. The van der Waals surface area contributed by atoms with Crippen molar-refractivity contribution >= 4 is 11.8 Å². The van der Waals surface area contributed by atoms with Crippen molar-refractivity contribution in [2.24, 2.45) is 7.05 Å². The van der Waals surface area contributed by atoms with Gasteiger partial charge in [-0.15, -0.1) is 11.8 Å². The first-order valence-electron chi connectivity index (χ1n) is 6.49. The maximum Gasteiger partial charge on any atom is 0.0625 e. The van der Waals surface area contributed by atoms with E-state index in [1.54, 1.807) is 0 Å². The van der Waals surface area contributed by atoms with Gasteiger partial charge >= 0.3 is 0 Å². The molecule has 2 unspecified atom stereocenters. The fraction of sp³-hybridized carbons (Fsp3) is 0.400. The Morgan fingerprint density at radius 3 is 2.47 bits per heavy atom. The van der Waals surface area contributed by atoms with Crippen LogP contribution in [0.1, 0.15) is 24.1 Å². The molecule has 0 radical (unpaired) electrons. The van der Waals surface area contributed by atoms with Crippen LogP contribution in [0.5, 0.6) is 0 Å². The van der Waals surface area contributed by atoms with Crippen LogP contribution in [0.3, 0.4) is 0 Å². The minimum Gasteiger partial charge on any atom is -0.312 e. The molecular weight excluding hydrogens is 254 g/mol. The third-order valence-corrected chi connectivity index (χ3v) is 4.35. The third kappa shape index (κ3) is 3.61. The number of aryl methyl sites for hydroxylation is 2. The van der Waals surface area contributed by atoms with Crippen LogP contribution in [0.2, 0.25) is 0 Å². The van der Waals surface area contributed by atoms with Crippen LogP contribution in [0.4, 0.5) is 0 Å². The number of hydrogen-bond acceptors (Lipinski definition) is 3. The summed E-state index contributed by atoms with van der Waals surface area (Å²) in [5, 5.41) is 8.07. The highest BCUT2D eigenvalue weighted by Gasteiger charge is 2.19. The lowest BCUT2D eigenvalue weighted by molar-refractivity contribution is 0.589. The first-order chi connectivity index (χ1) is 9.10. The molecule has 2 atom stereocenters. The average molecular weight is 275 g/mol. The SMILES string of the molecule is CNC(c1ccc(C)cc1)C(C)Sc1cnn(C)c1. The summed E-state index contributed by atoms with van der Waals surface area (Å²) in [6, 6.07) is 9.08. The van der Waals surface area contributed by atoms with Crippen molar-refractivity contribution in [2.75, 3.05) is 7.05 Å². The maximum absolute atomic E-state index is 4.21. The molecule has 0 saturated heterocycles. The molecule has 2 rings (SSSR count). The van der Waals surface area contributed by atoms with Gasteiger partial charge in [-0.2, -0.15) is 5.10 Å². The van der Waals surface area contributed by atoms with Crippen LogP contribution in [0.25, 0.3) is 0 Å². The molecular formula is C15H21N3S. The van der Waals surface area contributed by atoms with E-state index in [9.17, 15) is 0 Å². The van der Waals surface area contributed by atoms with E-state index in [2.05, 4.69) is 54.7 Å². The zero-order valence-electron chi connectivity index (χ0n) is 11.9. The Hall–Kier alpha value is -1.26. The number of rotatable bonds is 5. The molecule has 0 aliphatic carbocycles. The number of nitrogens with one attached hydrogen (secondary N) is 1. The van der Waals surface area contributed by atoms with Crippen LogP contribution in [-0.2, 0) is 7.05 Å². The first kappa shape index (κ1) is 14.2. The van der Waals surface area contributed by atoms with Crippen LogP contribution >= 0.6 is 11.8 Å². The fourth-order valence-corrected chi connectivity index (χ4v) is 3.37. The third-order valence-electron chi connectivity index (χ3n) is 3.22. The summed E-state index contributed by atoms with van der Waals surface area (Å²) in [5.41, 5.74) is 2.63. The molecule has 0 spiro atoms. The molecule has 102 valence electrons. The number of hydrogen-bond donors (Lipinski definition) is 1. The van der Waals surface area contributed by atoms with Crippen LogP contribution in [0, 0.1) is 6.92 Å². The van der Waals surface area contributed by atoms with Gasteiger partial charge in [-0.25, -0.2) is 0 Å². The second-order valence-electron chi connectivity index (χ2n) is 4.85. The van der Waals surface area contributed by atoms with Gasteiger partial charge in [0.1, 0.15) is 0 Å². The van der Waals surface area contributed by atoms with Gasteiger partial charge in [-0.05, 0) is 19.5 Å². The van der Waals surface area contributed by atoms with E-state index in [0.717, 1.165) is 0 Å². The number of benzene rings is 1. The summed E-state index contributed by atoms with van der Waals surface area (Å²) in [5.74, 6) is 0. The van der Waals surface area contributed by atoms with E-state index < -0.39 is 0 Å². The van der Waals surface area contributed by atoms with Gasteiger partial charge < -0.3 is 5.32 Å². The van der Waals surface area contributed by atoms with Gasteiger partial charge in [-0.1, -0.05) is 36.8 Å². The molecule has 0 saturated carbocycles. The minimum absolute atomic E-state index is 0.339. The molecule has 1 N–H and O–H groups in total. The van der Waals surface area contributed by atoms with Gasteiger partial charge in [0.05, 0.1) is 6.20 Å². The molecule has 19 heavy (non-hydrogen) atoms. The lowest BCUT2D eigenvalue weighted by atomic mass is 10.0. The van der Waals surface area contributed by atoms with Crippen LogP contribution < -0.4 is 5.32 Å². The monoisotopic (exact) mass is 275 g/mol. The van der Waals surface area contributed by atoms with Crippen molar-refractivity contribution < 1.29 is 0 Å². The summed E-state index contributed by atoms with van der Waals surface area (Å²) in [6.07, 6.45) is 3.98. The topological polar surface area (TPSA) is 29.9 Å². The van der Waals surface area contributed by atoms with Crippen molar-refractivity contribution in [2.45, 2.75) is 30.0 Å². The Bertz CT molecular complexity index is 518. The molecule has 0 amide bonds. The van der Waals surface area contributed by atoms with Crippen molar-refractivity contribution in [3.63, 3.8) is 0 Å². The molecule has 0 bridgehead atoms. The molecule has 1 aromatic heterocycles. The van der Waals surface area contributed by atoms with Gasteiger partial charge in [0.25, 0.3) is 0 Å². The first-order valence-corrected chi connectivity index (χ1v) is 7.37. The van der Waals surface area contributed by atoms with Gasteiger partial charge in [0.15, 0.2) is 0 Å². The van der Waals surface area contributed by atoms with Gasteiger partial charge in [-0.3, -0.25) is 4.68 Å². The molecule has 0 aliphatic heterocycles. The van der Waals surface area contributed by atoms with Gasteiger partial charge in [0.2, 0.25) is 0 Å². The zero-order chi connectivity index (χ0) is 13.8. The highest BCUT2D eigenvalue weighted by Crippen LogP contribution is 2.31. The molecule has 4 heteroatoms. The summed E-state index contributed by atoms with van der Waals surface area (Å²) < 4.78 is 1.84. The molecule has 2 aromatic rings. The van der Waals surface area contributed by atoms with E-state index in [0.29, 0.717) is 11.3 Å². The van der Waals surface area contributed by atoms with E-state index in [1.807, 2.05) is 36.7 Å². The van der Waals surface area contributed by atoms with E-state index >= 15 is 0 Å². The van der Waals surface area contributed by atoms with Gasteiger partial charge in [0, 0.05) is 29.4 Å². The Kier molecular flexibility index (Phi) is 4.66. The predicted octanol–water partition coefficient (Wildman–Crippen LogP) is 3.17. The Labute approximate surface area is 119 Å². The largest absolute Gasteiger partial charge is 0.312 e. The van der Waals surface area contributed by atoms with Crippen molar-refractivity contribution in [1.82, 2.24) is 15.1 Å². The lowest BCUT2D eigenvalue weighted by Crippen LogP contribution is -2.25. The smallest absolute Gasteiger partial charge is 0.0625 e. The zero-order valence-corrected chi connectivity index (χ0v) is 12.7. The van der Waals surface area contributed by atoms with E-state index in [-0.39, 0.29) is 0 Å². The Morgan fingerprint density at radius 2 is 1.95 bits per heavy atom.